The van der Waals surface area contributed by atoms with Crippen LogP contribution in [0.15, 0.2) is 42.5 Å². The Kier molecular flexibility index (Phi) is 4.94. The van der Waals surface area contributed by atoms with E-state index >= 15 is 0 Å². The minimum absolute atomic E-state index is 0.108. The number of nitrogens with one attached hydrogen (secondary N) is 1. The van der Waals surface area contributed by atoms with Crippen molar-refractivity contribution in [1.82, 2.24) is 5.32 Å². The molecule has 0 aliphatic heterocycles. The highest BCUT2D eigenvalue weighted by Crippen LogP contribution is 2.35. The second-order valence-electron chi connectivity index (χ2n) is 6.64. The quantitative estimate of drug-likeness (QED) is 0.840. The van der Waals surface area contributed by atoms with E-state index in [4.69, 9.17) is 5.11 Å². The normalized spacial score (nSPS) is 31.1. The zero-order valence-corrected chi connectivity index (χ0v) is 12.9. The van der Waals surface area contributed by atoms with Crippen LogP contribution in [0.2, 0.25) is 0 Å². The Balaban J connectivity index is 1.47. The Morgan fingerprint density at radius 2 is 1.82 bits per heavy atom. The van der Waals surface area contributed by atoms with Gasteiger partial charge in [-0.1, -0.05) is 42.5 Å². The smallest absolute Gasteiger partial charge is 0.223 e. The standard InChI is InChI=1S/C19H25NO2/c21-13-14-6-11-18(12-14)20-19(22)17-9-7-16(8-10-17)15-4-2-1-3-5-15/h1-6,11,14,16-18,21H,7-10,12-13H2,(H,20,22)/t14-,16?,17?,18+/m0/s1. The summed E-state index contributed by atoms with van der Waals surface area (Å²) in [5.74, 6) is 1.16. The van der Waals surface area contributed by atoms with Gasteiger partial charge in [0.05, 0.1) is 0 Å². The fourth-order valence-corrected chi connectivity index (χ4v) is 3.73. The number of rotatable bonds is 4. The topological polar surface area (TPSA) is 49.3 Å². The number of benzene rings is 1. The Morgan fingerprint density at radius 3 is 2.45 bits per heavy atom. The molecule has 1 saturated carbocycles. The molecule has 3 nitrogen and oxygen atoms in total. The first-order chi connectivity index (χ1) is 10.8. The van der Waals surface area contributed by atoms with Crippen LogP contribution in [0.3, 0.4) is 0 Å². The van der Waals surface area contributed by atoms with Gasteiger partial charge < -0.3 is 10.4 Å². The summed E-state index contributed by atoms with van der Waals surface area (Å²) in [6, 6.07) is 10.7. The fourth-order valence-electron chi connectivity index (χ4n) is 3.73. The van der Waals surface area contributed by atoms with Crippen LogP contribution in [-0.2, 0) is 4.79 Å². The van der Waals surface area contributed by atoms with E-state index in [1.807, 2.05) is 12.2 Å². The van der Waals surface area contributed by atoms with E-state index in [-0.39, 0.29) is 30.4 Å². The monoisotopic (exact) mass is 299 g/mol. The van der Waals surface area contributed by atoms with Crippen LogP contribution < -0.4 is 5.32 Å². The molecule has 2 aliphatic rings. The SMILES string of the molecule is O=C(N[C@@H]1C=C[C@H](CO)C1)C1CCC(c2ccccc2)CC1. The van der Waals surface area contributed by atoms with Crippen molar-refractivity contribution in [2.75, 3.05) is 6.61 Å². The lowest BCUT2D eigenvalue weighted by Crippen LogP contribution is -2.38. The number of amides is 1. The molecule has 2 atom stereocenters. The maximum absolute atomic E-state index is 12.4. The van der Waals surface area contributed by atoms with Gasteiger partial charge in [-0.2, -0.15) is 0 Å². The third-order valence-corrected chi connectivity index (χ3v) is 5.10. The first kappa shape index (κ1) is 15.3. The van der Waals surface area contributed by atoms with Gasteiger partial charge in [-0.25, -0.2) is 0 Å². The van der Waals surface area contributed by atoms with Crippen molar-refractivity contribution in [3.8, 4) is 0 Å². The van der Waals surface area contributed by atoms with Crippen LogP contribution in [0.4, 0.5) is 0 Å². The molecule has 0 saturated heterocycles. The van der Waals surface area contributed by atoms with E-state index in [1.54, 1.807) is 0 Å². The van der Waals surface area contributed by atoms with Gasteiger partial charge in [-0.3, -0.25) is 4.79 Å². The zero-order chi connectivity index (χ0) is 15.4. The summed E-state index contributed by atoms with van der Waals surface area (Å²) in [5.41, 5.74) is 1.41. The van der Waals surface area contributed by atoms with E-state index < -0.39 is 0 Å². The molecule has 1 fully saturated rings. The second-order valence-corrected chi connectivity index (χ2v) is 6.64. The number of aliphatic hydroxyl groups excluding tert-OH is 1. The van der Waals surface area contributed by atoms with Gasteiger partial charge in [0.15, 0.2) is 0 Å². The first-order valence-corrected chi connectivity index (χ1v) is 8.40. The van der Waals surface area contributed by atoms with Gasteiger partial charge in [0, 0.05) is 24.5 Å². The molecule has 3 heteroatoms. The zero-order valence-electron chi connectivity index (χ0n) is 12.9. The molecule has 1 amide bonds. The summed E-state index contributed by atoms with van der Waals surface area (Å²) in [4.78, 5) is 12.4. The summed E-state index contributed by atoms with van der Waals surface area (Å²) in [6.07, 6.45) is 9.02. The highest BCUT2D eigenvalue weighted by Gasteiger charge is 2.29. The Hall–Kier alpha value is -1.61. The van der Waals surface area contributed by atoms with Crippen molar-refractivity contribution in [3.05, 3.63) is 48.0 Å². The van der Waals surface area contributed by atoms with Crippen LogP contribution in [0.5, 0.6) is 0 Å². The molecular formula is C19H25NO2. The maximum atomic E-state index is 12.4. The molecule has 0 bridgehead atoms. The summed E-state index contributed by atoms with van der Waals surface area (Å²) >= 11 is 0. The molecule has 1 aromatic rings. The van der Waals surface area contributed by atoms with Gasteiger partial charge in [0.25, 0.3) is 0 Å². The Bertz CT molecular complexity index is 517. The van der Waals surface area contributed by atoms with Gasteiger partial charge >= 0.3 is 0 Å². The van der Waals surface area contributed by atoms with Gasteiger partial charge in [0.2, 0.25) is 5.91 Å². The molecule has 3 rings (SSSR count). The third kappa shape index (κ3) is 3.58. The number of hydrogen-bond donors (Lipinski definition) is 2. The van der Waals surface area contributed by atoms with Gasteiger partial charge in [-0.15, -0.1) is 0 Å². The molecule has 118 valence electrons. The minimum Gasteiger partial charge on any atom is -0.396 e. The van der Waals surface area contributed by atoms with E-state index in [1.165, 1.54) is 5.56 Å². The number of aliphatic hydroxyl groups is 1. The molecule has 0 unspecified atom stereocenters. The van der Waals surface area contributed by atoms with Crippen LogP contribution in [0.1, 0.15) is 43.6 Å². The van der Waals surface area contributed by atoms with E-state index in [9.17, 15) is 4.79 Å². The molecule has 0 heterocycles. The van der Waals surface area contributed by atoms with Crippen molar-refractivity contribution >= 4 is 5.91 Å². The molecular weight excluding hydrogens is 274 g/mol. The van der Waals surface area contributed by atoms with E-state index in [2.05, 4.69) is 35.6 Å². The lowest BCUT2D eigenvalue weighted by Gasteiger charge is -2.29. The Morgan fingerprint density at radius 1 is 1.09 bits per heavy atom. The molecule has 0 aromatic heterocycles. The molecule has 1 aromatic carbocycles. The fraction of sp³-hybridized carbons (Fsp3) is 0.526. The lowest BCUT2D eigenvalue weighted by molar-refractivity contribution is -0.126. The second kappa shape index (κ2) is 7.10. The average molecular weight is 299 g/mol. The van der Waals surface area contributed by atoms with Gasteiger partial charge in [-0.05, 0) is 43.6 Å². The average Bonchev–Trinajstić information content (AvgIpc) is 3.03. The minimum atomic E-state index is 0.108. The molecule has 0 radical (unpaired) electrons. The summed E-state index contributed by atoms with van der Waals surface area (Å²) < 4.78 is 0. The number of carbonyl (C=O) groups is 1. The van der Waals surface area contributed by atoms with Crippen molar-refractivity contribution in [2.24, 2.45) is 11.8 Å². The van der Waals surface area contributed by atoms with Gasteiger partial charge in [0.1, 0.15) is 0 Å². The summed E-state index contributed by atoms with van der Waals surface area (Å²) in [5, 5.41) is 12.3. The first-order valence-electron chi connectivity index (χ1n) is 8.40. The molecule has 0 spiro atoms. The summed E-state index contributed by atoms with van der Waals surface area (Å²) in [7, 11) is 0. The highest BCUT2D eigenvalue weighted by atomic mass is 16.3. The molecule has 22 heavy (non-hydrogen) atoms. The molecule has 2 N–H and O–H groups in total. The number of carbonyl (C=O) groups excluding carboxylic acids is 1. The number of hydrogen-bond acceptors (Lipinski definition) is 2. The Labute approximate surface area is 132 Å². The van der Waals surface area contributed by atoms with Crippen molar-refractivity contribution in [2.45, 2.75) is 44.1 Å². The van der Waals surface area contributed by atoms with Crippen molar-refractivity contribution in [1.29, 1.82) is 0 Å². The highest BCUT2D eigenvalue weighted by molar-refractivity contribution is 5.79. The van der Waals surface area contributed by atoms with E-state index in [0.29, 0.717) is 5.92 Å². The lowest BCUT2D eigenvalue weighted by atomic mass is 9.78. The maximum Gasteiger partial charge on any atom is 0.223 e. The van der Waals surface area contributed by atoms with Crippen LogP contribution in [0.25, 0.3) is 0 Å². The van der Waals surface area contributed by atoms with E-state index in [0.717, 1.165) is 32.1 Å². The molecule has 2 aliphatic carbocycles. The largest absolute Gasteiger partial charge is 0.396 e. The van der Waals surface area contributed by atoms with Crippen molar-refractivity contribution < 1.29 is 9.90 Å². The predicted molar refractivity (Wildman–Crippen MR) is 87.4 cm³/mol. The van der Waals surface area contributed by atoms with Crippen LogP contribution in [0, 0.1) is 11.8 Å². The summed E-state index contributed by atoms with van der Waals surface area (Å²) in [6.45, 7) is 0.172. The van der Waals surface area contributed by atoms with Crippen LogP contribution in [-0.4, -0.2) is 23.7 Å². The third-order valence-electron chi connectivity index (χ3n) is 5.10. The predicted octanol–water partition coefficient (Wildman–Crippen LogP) is 3.01. The van der Waals surface area contributed by atoms with Crippen molar-refractivity contribution in [3.63, 3.8) is 0 Å². The van der Waals surface area contributed by atoms with Crippen LogP contribution >= 0.6 is 0 Å².